The highest BCUT2D eigenvalue weighted by Crippen LogP contribution is 2.60. The maximum absolute atomic E-state index is 11.6. The zero-order chi connectivity index (χ0) is 37.3. The van der Waals surface area contributed by atoms with Crippen LogP contribution < -0.4 is 0 Å². The van der Waals surface area contributed by atoms with Gasteiger partial charge in [0.1, 0.15) is 11.9 Å². The van der Waals surface area contributed by atoms with Crippen LogP contribution in [0.4, 0.5) is 0 Å². The van der Waals surface area contributed by atoms with Crippen LogP contribution in [0.1, 0.15) is 122 Å². The molecule has 17 fully saturated rings. The zero-order valence-corrected chi connectivity index (χ0v) is 33.7. The van der Waals surface area contributed by atoms with Gasteiger partial charge in [0.05, 0.1) is 43.7 Å². The first-order valence-corrected chi connectivity index (χ1v) is 24.3. The first-order chi connectivity index (χ1) is 26.7. The third-order valence-corrected chi connectivity index (χ3v) is 18.6. The lowest BCUT2D eigenvalue weighted by molar-refractivity contribution is -0.331. The Morgan fingerprint density at radius 2 is 0.982 bits per heavy atom. The molecule has 8 unspecified atom stereocenters. The van der Waals surface area contributed by atoms with Crippen molar-refractivity contribution in [3.63, 3.8) is 0 Å². The van der Waals surface area contributed by atoms with Crippen molar-refractivity contribution in [2.45, 2.75) is 145 Å². The maximum atomic E-state index is 11.6. The number of epoxide rings is 1. The SMILES string of the molecule is C1CCOC2(OC1)C1CC3CC(C1)CC2C3.C1CO1.C1COC1.O=C1C2CC3CC(C2)CC1C3.O=C1OC2CC3CC1C2C3.O=S1(=O)OC2CC3CC2C1C3. The Balaban J connectivity index is 0.0000000862. The van der Waals surface area contributed by atoms with Gasteiger partial charge in [-0.2, -0.15) is 8.42 Å². The van der Waals surface area contributed by atoms with E-state index in [1.165, 1.54) is 89.9 Å². The molecule has 5 saturated heterocycles. The minimum Gasteiger partial charge on any atom is -0.462 e. The van der Waals surface area contributed by atoms with E-state index in [1.807, 2.05) is 0 Å². The van der Waals surface area contributed by atoms with E-state index in [2.05, 4.69) is 4.74 Å². The highest BCUT2D eigenvalue weighted by atomic mass is 32.2. The summed E-state index contributed by atoms with van der Waals surface area (Å²) in [7, 11) is -3.13. The van der Waals surface area contributed by atoms with Gasteiger partial charge in [-0.1, -0.05) is 0 Å². The van der Waals surface area contributed by atoms with Crippen molar-refractivity contribution in [1.29, 1.82) is 0 Å². The van der Waals surface area contributed by atoms with E-state index in [0.29, 0.717) is 47.4 Å². The molecule has 17 aliphatic rings. The molecule has 8 atom stereocenters. The minimum atomic E-state index is -3.13. The number of hydrogen-bond acceptors (Lipinski definition) is 10. The van der Waals surface area contributed by atoms with Crippen LogP contribution in [0.15, 0.2) is 0 Å². The molecule has 5 heterocycles. The lowest BCUT2D eigenvalue weighted by Crippen LogP contribution is -2.60. The van der Waals surface area contributed by atoms with Gasteiger partial charge >= 0.3 is 5.97 Å². The van der Waals surface area contributed by atoms with E-state index in [-0.39, 0.29) is 23.1 Å². The molecule has 10 nitrogen and oxygen atoms in total. The van der Waals surface area contributed by atoms with Crippen LogP contribution in [0.5, 0.6) is 0 Å². The largest absolute Gasteiger partial charge is 0.462 e. The van der Waals surface area contributed by atoms with Crippen molar-refractivity contribution in [3.8, 4) is 0 Å². The van der Waals surface area contributed by atoms with Crippen molar-refractivity contribution >= 4 is 21.9 Å². The Morgan fingerprint density at radius 3 is 1.42 bits per heavy atom. The van der Waals surface area contributed by atoms with Gasteiger partial charge in [-0.3, -0.25) is 13.8 Å². The number of fused-ring (bicyclic) bond motifs is 2. The van der Waals surface area contributed by atoms with Crippen molar-refractivity contribution in [3.05, 3.63) is 0 Å². The van der Waals surface area contributed by atoms with Gasteiger partial charge in [0.2, 0.25) is 0 Å². The number of ketones is 1. The molecule has 12 aliphatic carbocycles. The fourth-order valence-corrected chi connectivity index (χ4v) is 16.6. The van der Waals surface area contributed by atoms with E-state index < -0.39 is 10.1 Å². The van der Waals surface area contributed by atoms with Gasteiger partial charge in [0.25, 0.3) is 10.1 Å². The maximum Gasteiger partial charge on any atom is 0.309 e. The predicted molar refractivity (Wildman–Crippen MR) is 202 cm³/mol. The lowest BCUT2D eigenvalue weighted by Gasteiger charge is -2.59. The Labute approximate surface area is 328 Å². The molecule has 55 heavy (non-hydrogen) atoms. The normalized spacial score (nSPS) is 49.7. The van der Waals surface area contributed by atoms with E-state index in [4.69, 9.17) is 23.1 Å². The summed E-state index contributed by atoms with van der Waals surface area (Å²) in [4.78, 5) is 22.6. The molecule has 12 bridgehead atoms. The summed E-state index contributed by atoms with van der Waals surface area (Å²) in [5.41, 5.74) is 0. The minimum absolute atomic E-state index is 0.0590. The van der Waals surface area contributed by atoms with Crippen molar-refractivity contribution < 1.29 is 45.9 Å². The van der Waals surface area contributed by atoms with Crippen LogP contribution in [0, 0.1) is 76.9 Å². The number of carbonyl (C=O) groups is 2. The molecule has 0 aromatic heterocycles. The molecule has 0 aromatic carbocycles. The molecular formula is C44H66O10S. The van der Waals surface area contributed by atoms with Gasteiger partial charge in [-0.15, -0.1) is 0 Å². The number of Topliss-reactive ketones (excluding diaryl/α,β-unsaturated/α-hetero) is 1. The monoisotopic (exact) mass is 786 g/mol. The Kier molecular flexibility index (Phi) is 10.7. The molecule has 5 aliphatic heterocycles. The van der Waals surface area contributed by atoms with Crippen LogP contribution in [-0.4, -0.2) is 83.1 Å². The van der Waals surface area contributed by atoms with Gasteiger partial charge in [-0.25, -0.2) is 0 Å². The lowest BCUT2D eigenvalue weighted by atomic mass is 9.53. The quantitative estimate of drug-likeness (QED) is 0.146. The first-order valence-electron chi connectivity index (χ1n) is 22.8. The van der Waals surface area contributed by atoms with Crippen LogP contribution in [0.25, 0.3) is 0 Å². The molecule has 11 heteroatoms. The Morgan fingerprint density at radius 1 is 0.491 bits per heavy atom. The van der Waals surface area contributed by atoms with E-state index in [0.717, 1.165) is 113 Å². The number of esters is 1. The Bertz CT molecular complexity index is 1440. The molecule has 0 N–H and O–H groups in total. The van der Waals surface area contributed by atoms with Gasteiger partial charge in [0, 0.05) is 48.7 Å². The summed E-state index contributed by atoms with van der Waals surface area (Å²) < 4.78 is 54.4. The molecule has 17 rings (SSSR count). The van der Waals surface area contributed by atoms with Gasteiger partial charge < -0.3 is 23.7 Å². The van der Waals surface area contributed by atoms with Gasteiger partial charge in [0.15, 0.2) is 5.79 Å². The van der Waals surface area contributed by atoms with Crippen molar-refractivity contribution in [1.82, 2.24) is 0 Å². The summed E-state index contributed by atoms with van der Waals surface area (Å²) in [5.74, 6) is 9.68. The van der Waals surface area contributed by atoms with Crippen LogP contribution in [-0.2, 0) is 47.6 Å². The van der Waals surface area contributed by atoms with Crippen LogP contribution in [0.3, 0.4) is 0 Å². The standard InChI is InChI=1S/C14H22O2.C10H14O.C8H10O2.C7H10O3S.C3H6O.C2H4O/c1-2-4-16-14(15-3-1)12-6-10-5-11(8-12)9-13(14)7-10;11-10-8-2-6-1-7(4-8)5-9(10)3-6;9-8-6-2-4-1-5(6)7(3-4)10-8;8-11(9)7-3-4-1-5(7)6(2-4)10-11;1-2-4-3-1;1-2-3-1/h10-13H,1-9H2;6-9H,1-5H2;4-7H,1-3H2;4-7H,1-3H2;1-3H2;1-2H2. The van der Waals surface area contributed by atoms with Crippen molar-refractivity contribution in [2.24, 2.45) is 76.9 Å². The smallest absolute Gasteiger partial charge is 0.309 e. The highest BCUT2D eigenvalue weighted by Gasteiger charge is 2.61. The number of carbonyl (C=O) groups excluding carboxylic acids is 2. The molecule has 1 spiro atoms. The van der Waals surface area contributed by atoms with E-state index in [1.54, 1.807) is 0 Å². The molecular weight excluding hydrogens is 721 g/mol. The summed E-state index contributed by atoms with van der Waals surface area (Å²) in [6.07, 6.45) is 24.0. The number of ether oxygens (including phenoxy) is 5. The topological polar surface area (TPSA) is 127 Å². The number of hydrogen-bond donors (Lipinski definition) is 0. The van der Waals surface area contributed by atoms with E-state index in [9.17, 15) is 18.0 Å². The fourth-order valence-electron chi connectivity index (χ4n) is 14.7. The summed E-state index contributed by atoms with van der Waals surface area (Å²) in [6, 6.07) is 0. The summed E-state index contributed by atoms with van der Waals surface area (Å²) in [6.45, 7) is 5.87. The van der Waals surface area contributed by atoms with Crippen molar-refractivity contribution in [2.75, 3.05) is 39.6 Å². The first kappa shape index (κ1) is 38.1. The predicted octanol–water partition coefficient (Wildman–Crippen LogP) is 6.87. The fraction of sp³-hybridized carbons (Fsp3) is 0.955. The second-order valence-corrected chi connectivity index (χ2v) is 22.2. The second-order valence-electron chi connectivity index (χ2n) is 20.4. The Hall–Kier alpha value is -1.11. The molecule has 0 aromatic rings. The van der Waals surface area contributed by atoms with Gasteiger partial charge in [-0.05, 0) is 158 Å². The highest BCUT2D eigenvalue weighted by molar-refractivity contribution is 7.87. The molecule has 0 radical (unpaired) electrons. The molecule has 308 valence electrons. The third kappa shape index (κ3) is 7.64. The zero-order valence-electron chi connectivity index (χ0n) is 32.9. The third-order valence-electron chi connectivity index (χ3n) is 16.8. The van der Waals surface area contributed by atoms with E-state index >= 15 is 0 Å². The molecule has 12 saturated carbocycles. The second kappa shape index (κ2) is 15.5. The average Bonchev–Trinajstić information content (AvgIpc) is 3.55. The number of rotatable bonds is 0. The summed E-state index contributed by atoms with van der Waals surface area (Å²) in [5, 5.41) is -0.133. The van der Waals surface area contributed by atoms with Crippen LogP contribution in [0.2, 0.25) is 0 Å². The molecule has 0 amide bonds. The van der Waals surface area contributed by atoms with Crippen LogP contribution >= 0.6 is 0 Å². The summed E-state index contributed by atoms with van der Waals surface area (Å²) >= 11 is 0. The average molecular weight is 787 g/mol.